The second-order valence-corrected chi connectivity index (χ2v) is 12.7. The van der Waals surface area contributed by atoms with Crippen LogP contribution in [0.1, 0.15) is 45.1 Å². The van der Waals surface area contributed by atoms with Crippen LogP contribution in [0.3, 0.4) is 0 Å². The first-order chi connectivity index (χ1) is 27.2. The lowest BCUT2D eigenvalue weighted by molar-refractivity contribution is -0.384. The molecule has 0 spiro atoms. The van der Waals surface area contributed by atoms with E-state index < -0.39 is 133 Å². The lowest BCUT2D eigenvalue weighted by atomic mass is 10.0. The Kier molecular flexibility index (Phi) is 21.1. The number of rotatable bonds is 26. The minimum absolute atomic E-state index is 0.200. The van der Waals surface area contributed by atoms with E-state index in [2.05, 4.69) is 37.2 Å². The highest BCUT2D eigenvalue weighted by atomic mass is 16.6. The summed E-state index contributed by atoms with van der Waals surface area (Å²) >= 11 is 0. The van der Waals surface area contributed by atoms with Crippen LogP contribution >= 0.6 is 0 Å². The zero-order valence-electron chi connectivity index (χ0n) is 31.6. The summed E-state index contributed by atoms with van der Waals surface area (Å²) in [5.41, 5.74) is 16.2. The molecule has 0 fully saturated rings. The van der Waals surface area contributed by atoms with Crippen LogP contribution in [0.25, 0.3) is 0 Å². The molecule has 58 heavy (non-hydrogen) atoms. The van der Waals surface area contributed by atoms with E-state index in [0.717, 1.165) is 6.92 Å². The molecule has 0 aromatic heterocycles. The van der Waals surface area contributed by atoms with Crippen molar-refractivity contribution in [3.63, 3.8) is 0 Å². The SMILES string of the molecule is C[C@H](NC(=O)[C@H](CCN)NC(=O)[C@H](CCC(N)=O)NC(=O)[C@H](CC(=O)O)NC(=O)CN)C(=O)N[C@H](C(=O)N[C@@H](Cc1ccc([N+](=O)[O-])cc1)C(=O)NCC=O)[C@@H](C)O. The molecule has 0 saturated carbocycles. The van der Waals surface area contributed by atoms with Crippen molar-refractivity contribution in [1.29, 1.82) is 0 Å². The number of nitrogens with zero attached hydrogens (tertiary/aromatic N) is 1. The second kappa shape index (κ2) is 24.8. The number of carboxylic acid groups (broad SMARTS) is 1. The highest BCUT2D eigenvalue weighted by Gasteiger charge is 2.34. The third-order valence-electron chi connectivity index (χ3n) is 8.01. The van der Waals surface area contributed by atoms with Gasteiger partial charge in [0.25, 0.3) is 5.69 Å². The Morgan fingerprint density at radius 1 is 0.759 bits per heavy atom. The van der Waals surface area contributed by atoms with Gasteiger partial charge in [0.05, 0.1) is 30.5 Å². The first kappa shape index (κ1) is 49.4. The average Bonchev–Trinajstić information content (AvgIpc) is 3.15. The summed E-state index contributed by atoms with van der Waals surface area (Å²) in [4.78, 5) is 135. The maximum absolute atomic E-state index is 13.3. The van der Waals surface area contributed by atoms with E-state index in [4.69, 9.17) is 17.2 Å². The molecule has 25 nitrogen and oxygen atoms in total. The van der Waals surface area contributed by atoms with Crippen molar-refractivity contribution in [3.8, 4) is 0 Å². The number of nitrogens with two attached hydrogens (primary N) is 3. The fourth-order valence-electron chi connectivity index (χ4n) is 4.96. The molecule has 0 radical (unpaired) electrons. The van der Waals surface area contributed by atoms with Crippen LogP contribution < -0.4 is 54.4 Å². The fraction of sp³-hybridized carbons (Fsp3) is 0.515. The van der Waals surface area contributed by atoms with Crippen molar-refractivity contribution in [1.82, 2.24) is 37.2 Å². The number of carbonyl (C=O) groups is 10. The Hall–Kier alpha value is -6.60. The van der Waals surface area contributed by atoms with Gasteiger partial charge in [-0.15, -0.1) is 0 Å². The van der Waals surface area contributed by atoms with Gasteiger partial charge in [-0.3, -0.25) is 53.3 Å². The van der Waals surface area contributed by atoms with Crippen LogP contribution in [0.5, 0.6) is 0 Å². The quantitative estimate of drug-likeness (QED) is 0.0235. The monoisotopic (exact) mass is 823 g/mol. The Morgan fingerprint density at radius 2 is 1.31 bits per heavy atom. The number of hydrogen-bond acceptors (Lipinski definition) is 15. The first-order valence-corrected chi connectivity index (χ1v) is 17.6. The van der Waals surface area contributed by atoms with E-state index in [0.29, 0.717) is 11.8 Å². The van der Waals surface area contributed by atoms with Crippen LogP contribution in [0, 0.1) is 10.1 Å². The summed E-state index contributed by atoms with van der Waals surface area (Å²) in [6, 6.07) is -4.33. The van der Waals surface area contributed by atoms with Crippen molar-refractivity contribution in [3.05, 3.63) is 39.9 Å². The number of non-ortho nitro benzene ring substituents is 1. The Labute approximate surface area is 330 Å². The van der Waals surface area contributed by atoms with Crippen molar-refractivity contribution in [2.75, 3.05) is 19.6 Å². The molecular formula is C33H49N11O14. The van der Waals surface area contributed by atoms with Crippen molar-refractivity contribution < 1.29 is 63.1 Å². The van der Waals surface area contributed by atoms with Gasteiger partial charge < -0.3 is 69.4 Å². The largest absolute Gasteiger partial charge is 0.481 e. The second-order valence-electron chi connectivity index (χ2n) is 12.7. The van der Waals surface area contributed by atoms with E-state index in [-0.39, 0.29) is 25.1 Å². The van der Waals surface area contributed by atoms with Crippen molar-refractivity contribution in [2.45, 2.75) is 88.3 Å². The number of aliphatic hydroxyl groups excluding tert-OH is 1. The first-order valence-electron chi connectivity index (χ1n) is 17.6. The predicted molar refractivity (Wildman–Crippen MR) is 198 cm³/mol. The average molecular weight is 824 g/mol. The molecular weight excluding hydrogens is 774 g/mol. The summed E-state index contributed by atoms with van der Waals surface area (Å²) in [5, 5.41) is 46.4. The molecule has 320 valence electrons. The number of aliphatic hydroxyl groups is 1. The van der Waals surface area contributed by atoms with Crippen LogP contribution in [0.2, 0.25) is 0 Å². The highest BCUT2D eigenvalue weighted by Crippen LogP contribution is 2.14. The number of nitro groups is 1. The number of nitro benzene ring substituents is 1. The lowest BCUT2D eigenvalue weighted by Crippen LogP contribution is -2.61. The zero-order chi connectivity index (χ0) is 44.1. The number of amides is 8. The maximum Gasteiger partial charge on any atom is 0.305 e. The molecule has 8 amide bonds. The van der Waals surface area contributed by atoms with Gasteiger partial charge in [0.1, 0.15) is 42.5 Å². The number of carbonyl (C=O) groups excluding carboxylic acids is 9. The van der Waals surface area contributed by atoms with Crippen molar-refractivity contribution >= 4 is 65.2 Å². The summed E-state index contributed by atoms with van der Waals surface area (Å²) in [6.45, 7) is 1.11. The van der Waals surface area contributed by atoms with Crippen LogP contribution in [0.4, 0.5) is 5.69 Å². The number of benzene rings is 1. The standard InChI is InChI=1S/C33H49N11O14/c1-16(28(51)43-27(17(2)46)33(56)42-22(29(52)37-11-12-45)13-18-3-5-19(6-4-18)44(57)58)38-30(53)21(9-10-34)41-31(54)20(7-8-24(36)47)40-32(55)23(14-26(49)50)39-25(48)15-35/h3-6,12,16-17,20-23,27,46H,7-11,13-15,34-35H2,1-2H3,(H2,36,47)(H,37,52)(H,38,53)(H,39,48)(H,40,55)(H,41,54)(H,42,56)(H,43,51)(H,49,50)/t16-,17+,20-,21-,22-,23-,27-/m0/s1. The molecule has 1 aromatic carbocycles. The molecule has 25 heteroatoms. The van der Waals surface area contributed by atoms with E-state index in [1.54, 1.807) is 0 Å². The molecule has 0 aliphatic carbocycles. The van der Waals surface area contributed by atoms with Gasteiger partial charge in [0.15, 0.2) is 0 Å². The number of carboxylic acids is 1. The maximum atomic E-state index is 13.3. The summed E-state index contributed by atoms with van der Waals surface area (Å²) in [5.74, 6) is -9.39. The molecule has 0 heterocycles. The molecule has 0 saturated heterocycles. The minimum atomic E-state index is -1.72. The number of nitrogens with one attached hydrogen (secondary N) is 7. The third kappa shape index (κ3) is 17.5. The van der Waals surface area contributed by atoms with Gasteiger partial charge in [-0.05, 0) is 38.8 Å². The van der Waals surface area contributed by atoms with Gasteiger partial charge in [0, 0.05) is 25.0 Å². The van der Waals surface area contributed by atoms with Crippen LogP contribution in [-0.2, 0) is 54.4 Å². The number of aliphatic carboxylic acids is 1. The van der Waals surface area contributed by atoms with Gasteiger partial charge in [0.2, 0.25) is 47.3 Å². The van der Waals surface area contributed by atoms with Crippen LogP contribution in [-0.4, -0.2) is 137 Å². The third-order valence-corrected chi connectivity index (χ3v) is 8.01. The van der Waals surface area contributed by atoms with Crippen molar-refractivity contribution in [2.24, 2.45) is 17.2 Å². The zero-order valence-corrected chi connectivity index (χ0v) is 31.6. The van der Waals surface area contributed by atoms with E-state index in [1.165, 1.54) is 31.2 Å². The summed E-state index contributed by atoms with van der Waals surface area (Å²) in [6.07, 6.45) is -3.45. The molecule has 0 unspecified atom stereocenters. The number of aldehydes is 1. The molecule has 1 aromatic rings. The topological polar surface area (TPSA) is 417 Å². The summed E-state index contributed by atoms with van der Waals surface area (Å²) < 4.78 is 0. The van der Waals surface area contributed by atoms with E-state index >= 15 is 0 Å². The van der Waals surface area contributed by atoms with Crippen LogP contribution in [0.15, 0.2) is 24.3 Å². The highest BCUT2D eigenvalue weighted by molar-refractivity contribution is 5.98. The fourth-order valence-corrected chi connectivity index (χ4v) is 4.96. The molecule has 0 aliphatic rings. The molecule has 1 rings (SSSR count). The van der Waals surface area contributed by atoms with Gasteiger partial charge in [-0.2, -0.15) is 0 Å². The molecule has 0 bridgehead atoms. The minimum Gasteiger partial charge on any atom is -0.481 e. The smallest absolute Gasteiger partial charge is 0.305 e. The Bertz CT molecular complexity index is 1670. The van der Waals surface area contributed by atoms with E-state index in [1.807, 2.05) is 0 Å². The molecule has 0 aliphatic heterocycles. The Balaban J connectivity index is 3.14. The molecule has 15 N–H and O–H groups in total. The number of primary amides is 1. The lowest BCUT2D eigenvalue weighted by Gasteiger charge is -2.27. The number of hydrogen-bond donors (Lipinski definition) is 12. The van der Waals surface area contributed by atoms with Gasteiger partial charge in [-0.1, -0.05) is 12.1 Å². The Morgan fingerprint density at radius 3 is 1.81 bits per heavy atom. The van der Waals surface area contributed by atoms with E-state index in [9.17, 15) is 68.3 Å². The predicted octanol–water partition coefficient (Wildman–Crippen LogP) is -6.19. The molecule has 7 atom stereocenters. The van der Waals surface area contributed by atoms with Gasteiger partial charge >= 0.3 is 5.97 Å². The normalized spacial score (nSPS) is 14.3. The summed E-state index contributed by atoms with van der Waals surface area (Å²) in [7, 11) is 0. The van der Waals surface area contributed by atoms with Gasteiger partial charge in [-0.25, -0.2) is 0 Å².